The summed E-state index contributed by atoms with van der Waals surface area (Å²) in [6, 6.07) is 13.4. The van der Waals surface area contributed by atoms with Crippen molar-refractivity contribution in [2.24, 2.45) is 0 Å². The number of benzene rings is 2. The highest BCUT2D eigenvalue weighted by molar-refractivity contribution is 6.06. The molecule has 0 bridgehead atoms. The highest BCUT2D eigenvalue weighted by Crippen LogP contribution is 2.20. The monoisotopic (exact) mass is 351 g/mol. The average molecular weight is 351 g/mol. The second-order valence-electron chi connectivity index (χ2n) is 6.34. The third kappa shape index (κ3) is 2.94. The number of halogens is 1. The van der Waals surface area contributed by atoms with Crippen molar-refractivity contribution in [1.82, 2.24) is 14.8 Å². The van der Waals surface area contributed by atoms with Crippen molar-refractivity contribution in [3.8, 4) is 0 Å². The van der Waals surface area contributed by atoms with Crippen molar-refractivity contribution in [2.45, 2.75) is 0 Å². The fourth-order valence-corrected chi connectivity index (χ4v) is 3.34. The van der Waals surface area contributed by atoms with Crippen LogP contribution < -0.4 is 0 Å². The Morgan fingerprint density at radius 1 is 0.885 bits per heavy atom. The van der Waals surface area contributed by atoms with Crippen LogP contribution in [0.4, 0.5) is 4.39 Å². The van der Waals surface area contributed by atoms with Gasteiger partial charge in [-0.1, -0.05) is 24.3 Å². The largest absolute Gasteiger partial charge is 0.360 e. The van der Waals surface area contributed by atoms with E-state index in [4.69, 9.17) is 0 Å². The maximum atomic E-state index is 13.3. The van der Waals surface area contributed by atoms with Crippen LogP contribution in [0.1, 0.15) is 20.7 Å². The van der Waals surface area contributed by atoms with E-state index in [9.17, 15) is 14.0 Å². The molecular weight excluding hydrogens is 333 g/mol. The van der Waals surface area contributed by atoms with Gasteiger partial charge in [-0.05, 0) is 24.3 Å². The number of piperazine rings is 1. The Balaban J connectivity index is 1.45. The van der Waals surface area contributed by atoms with E-state index in [1.807, 2.05) is 24.3 Å². The van der Waals surface area contributed by atoms with Crippen LogP contribution >= 0.6 is 0 Å². The first-order valence-electron chi connectivity index (χ1n) is 8.54. The summed E-state index contributed by atoms with van der Waals surface area (Å²) in [5, 5.41) is 0.899. The fourth-order valence-electron chi connectivity index (χ4n) is 3.34. The number of aromatic amines is 1. The minimum atomic E-state index is -0.427. The van der Waals surface area contributed by atoms with Crippen LogP contribution in [0.3, 0.4) is 0 Å². The second-order valence-corrected chi connectivity index (χ2v) is 6.34. The second kappa shape index (κ2) is 6.63. The number of hydrogen-bond donors (Lipinski definition) is 1. The Hall–Kier alpha value is -3.15. The first-order chi connectivity index (χ1) is 12.6. The first kappa shape index (κ1) is 16.3. The summed E-state index contributed by atoms with van der Waals surface area (Å²) in [6.07, 6.45) is 1.73. The van der Waals surface area contributed by atoms with Gasteiger partial charge in [0.25, 0.3) is 11.8 Å². The van der Waals surface area contributed by atoms with Gasteiger partial charge in [0.1, 0.15) is 5.82 Å². The Morgan fingerprint density at radius 2 is 1.58 bits per heavy atom. The standard InChI is InChI=1S/C20H18FN3O2/c21-15-5-3-4-14(12-15)19(25)23-8-10-24(11-9-23)20(26)17-13-22-18-7-2-1-6-16(17)18/h1-7,12-13,22H,8-11H2. The highest BCUT2D eigenvalue weighted by Gasteiger charge is 2.26. The molecule has 26 heavy (non-hydrogen) atoms. The quantitative estimate of drug-likeness (QED) is 0.772. The molecule has 2 amide bonds. The van der Waals surface area contributed by atoms with Crippen molar-refractivity contribution < 1.29 is 14.0 Å². The third-order valence-corrected chi connectivity index (χ3v) is 4.75. The van der Waals surface area contributed by atoms with Gasteiger partial charge in [0.2, 0.25) is 0 Å². The molecule has 0 unspecified atom stereocenters. The Morgan fingerprint density at radius 3 is 2.31 bits per heavy atom. The van der Waals surface area contributed by atoms with Crippen molar-refractivity contribution in [3.05, 3.63) is 71.7 Å². The molecule has 5 nitrogen and oxygen atoms in total. The molecule has 0 radical (unpaired) electrons. The van der Waals surface area contributed by atoms with E-state index in [0.717, 1.165) is 10.9 Å². The molecule has 2 aromatic carbocycles. The summed E-state index contributed by atoms with van der Waals surface area (Å²) >= 11 is 0. The van der Waals surface area contributed by atoms with E-state index in [-0.39, 0.29) is 11.8 Å². The number of aromatic nitrogens is 1. The topological polar surface area (TPSA) is 56.4 Å². The van der Waals surface area contributed by atoms with Gasteiger partial charge in [0, 0.05) is 48.8 Å². The van der Waals surface area contributed by atoms with Crippen molar-refractivity contribution >= 4 is 22.7 Å². The summed E-state index contributed by atoms with van der Waals surface area (Å²) < 4.78 is 13.3. The van der Waals surface area contributed by atoms with Gasteiger partial charge < -0.3 is 14.8 Å². The van der Waals surface area contributed by atoms with Crippen LogP contribution in [0.25, 0.3) is 10.9 Å². The van der Waals surface area contributed by atoms with E-state index in [2.05, 4.69) is 4.98 Å². The number of para-hydroxylation sites is 1. The predicted molar refractivity (Wildman–Crippen MR) is 96.5 cm³/mol. The molecule has 1 N–H and O–H groups in total. The van der Waals surface area contributed by atoms with Gasteiger partial charge in [-0.15, -0.1) is 0 Å². The SMILES string of the molecule is O=C(c1cccc(F)c1)N1CCN(C(=O)c2c[nH]c3ccccc23)CC1. The van der Waals surface area contributed by atoms with Crippen LogP contribution in [0, 0.1) is 5.82 Å². The van der Waals surface area contributed by atoms with Crippen molar-refractivity contribution in [1.29, 1.82) is 0 Å². The van der Waals surface area contributed by atoms with Gasteiger partial charge in [-0.3, -0.25) is 9.59 Å². The number of H-pyrrole nitrogens is 1. The number of carbonyl (C=O) groups is 2. The zero-order chi connectivity index (χ0) is 18.1. The summed E-state index contributed by atoms with van der Waals surface area (Å²) in [5.41, 5.74) is 1.91. The molecular formula is C20H18FN3O2. The van der Waals surface area contributed by atoms with Gasteiger partial charge in [-0.25, -0.2) is 4.39 Å². The summed E-state index contributed by atoms with van der Waals surface area (Å²) in [6.45, 7) is 1.78. The van der Waals surface area contributed by atoms with Gasteiger partial charge in [0.05, 0.1) is 5.56 Å². The molecule has 1 aromatic heterocycles. The number of hydrogen-bond acceptors (Lipinski definition) is 2. The lowest BCUT2D eigenvalue weighted by Gasteiger charge is -2.34. The molecule has 132 valence electrons. The van der Waals surface area contributed by atoms with Crippen molar-refractivity contribution in [3.63, 3.8) is 0 Å². The molecule has 1 saturated heterocycles. The highest BCUT2D eigenvalue weighted by atomic mass is 19.1. The molecule has 2 heterocycles. The lowest BCUT2D eigenvalue weighted by molar-refractivity contribution is 0.0536. The molecule has 6 heteroatoms. The van der Waals surface area contributed by atoms with Crippen LogP contribution in [0.2, 0.25) is 0 Å². The number of fused-ring (bicyclic) bond motifs is 1. The van der Waals surface area contributed by atoms with Crippen molar-refractivity contribution in [2.75, 3.05) is 26.2 Å². The van der Waals surface area contributed by atoms with E-state index in [1.165, 1.54) is 18.2 Å². The average Bonchev–Trinajstić information content (AvgIpc) is 3.11. The zero-order valence-corrected chi connectivity index (χ0v) is 14.1. The number of nitrogens with one attached hydrogen (secondary N) is 1. The molecule has 3 aromatic rings. The molecule has 1 aliphatic rings. The minimum Gasteiger partial charge on any atom is -0.360 e. The Bertz CT molecular complexity index is 974. The number of amides is 2. The van der Waals surface area contributed by atoms with Crippen LogP contribution in [-0.4, -0.2) is 52.8 Å². The lowest BCUT2D eigenvalue weighted by atomic mass is 10.1. The van der Waals surface area contributed by atoms with Gasteiger partial charge >= 0.3 is 0 Å². The van der Waals surface area contributed by atoms with E-state index < -0.39 is 5.82 Å². The molecule has 0 aliphatic carbocycles. The zero-order valence-electron chi connectivity index (χ0n) is 14.1. The summed E-state index contributed by atoms with van der Waals surface area (Å²) in [4.78, 5) is 31.8. The Kier molecular flexibility index (Phi) is 4.16. The predicted octanol–water partition coefficient (Wildman–Crippen LogP) is 2.91. The van der Waals surface area contributed by atoms with Gasteiger partial charge in [0.15, 0.2) is 0 Å². The Labute approximate surface area is 150 Å². The van der Waals surface area contributed by atoms with E-state index >= 15 is 0 Å². The normalized spacial score (nSPS) is 14.7. The van der Waals surface area contributed by atoms with E-state index in [1.54, 1.807) is 22.1 Å². The first-order valence-corrected chi connectivity index (χ1v) is 8.54. The van der Waals surface area contributed by atoms with E-state index in [0.29, 0.717) is 37.3 Å². The molecule has 1 fully saturated rings. The van der Waals surface area contributed by atoms with Gasteiger partial charge in [-0.2, -0.15) is 0 Å². The minimum absolute atomic E-state index is 0.0414. The fraction of sp³-hybridized carbons (Fsp3) is 0.200. The van der Waals surface area contributed by atoms with Crippen LogP contribution in [0.15, 0.2) is 54.7 Å². The van der Waals surface area contributed by atoms with Crippen LogP contribution in [0.5, 0.6) is 0 Å². The summed E-state index contributed by atoms with van der Waals surface area (Å²) in [7, 11) is 0. The lowest BCUT2D eigenvalue weighted by Crippen LogP contribution is -2.50. The smallest absolute Gasteiger partial charge is 0.256 e. The third-order valence-electron chi connectivity index (χ3n) is 4.75. The maximum absolute atomic E-state index is 13.3. The molecule has 0 spiro atoms. The molecule has 1 aliphatic heterocycles. The summed E-state index contributed by atoms with van der Waals surface area (Å²) in [5.74, 6) is -0.673. The maximum Gasteiger partial charge on any atom is 0.256 e. The number of carbonyl (C=O) groups excluding carboxylic acids is 2. The molecule has 4 rings (SSSR count). The molecule has 0 saturated carbocycles. The molecule has 0 atom stereocenters. The number of rotatable bonds is 2. The number of nitrogens with zero attached hydrogens (tertiary/aromatic N) is 2. The van der Waals surface area contributed by atoms with Crippen LogP contribution in [-0.2, 0) is 0 Å².